The van der Waals surface area contributed by atoms with Crippen molar-refractivity contribution in [2.75, 3.05) is 0 Å². The predicted molar refractivity (Wildman–Crippen MR) is 86.4 cm³/mol. The standard InChI is InChI=1S/C18H23NO5/c1-12(24-18(9-10-18)14-7-8-14)15(16(20)21)19-17(22)23-11-13-5-3-2-4-6-13/h2-6,12,14-15H,7-11H2,1H3,(H,19,22)(H,20,21)/t12-,15?/m1/s1. The maximum Gasteiger partial charge on any atom is 0.408 e. The zero-order valence-corrected chi connectivity index (χ0v) is 13.7. The van der Waals surface area contributed by atoms with Crippen LogP contribution in [0.15, 0.2) is 30.3 Å². The number of carbonyl (C=O) groups excluding carboxylic acids is 1. The van der Waals surface area contributed by atoms with Crippen LogP contribution in [-0.2, 0) is 20.9 Å². The fourth-order valence-corrected chi connectivity index (χ4v) is 3.06. The van der Waals surface area contributed by atoms with Crippen LogP contribution in [0, 0.1) is 5.92 Å². The molecule has 6 nitrogen and oxygen atoms in total. The molecule has 0 radical (unpaired) electrons. The van der Waals surface area contributed by atoms with Crippen molar-refractivity contribution < 1.29 is 24.2 Å². The summed E-state index contributed by atoms with van der Waals surface area (Å²) in [6, 6.07) is 8.11. The molecule has 0 saturated heterocycles. The molecule has 1 aromatic rings. The van der Waals surface area contributed by atoms with Crippen molar-refractivity contribution in [3.05, 3.63) is 35.9 Å². The van der Waals surface area contributed by atoms with E-state index in [9.17, 15) is 14.7 Å². The van der Waals surface area contributed by atoms with Gasteiger partial charge < -0.3 is 19.9 Å². The first kappa shape index (κ1) is 16.8. The van der Waals surface area contributed by atoms with Gasteiger partial charge in [0.1, 0.15) is 6.61 Å². The average Bonchev–Trinajstić information content (AvgIpc) is 3.44. The lowest BCUT2D eigenvalue weighted by Gasteiger charge is -2.26. The Labute approximate surface area is 141 Å². The van der Waals surface area contributed by atoms with Crippen molar-refractivity contribution in [2.24, 2.45) is 5.92 Å². The minimum atomic E-state index is -1.12. The van der Waals surface area contributed by atoms with Crippen molar-refractivity contribution in [1.29, 1.82) is 0 Å². The number of nitrogens with one attached hydrogen (secondary N) is 1. The molecule has 1 unspecified atom stereocenters. The van der Waals surface area contributed by atoms with Gasteiger partial charge in [-0.05, 0) is 44.1 Å². The largest absolute Gasteiger partial charge is 0.480 e. The second-order valence-corrected chi connectivity index (χ2v) is 6.68. The van der Waals surface area contributed by atoms with E-state index in [2.05, 4.69) is 5.32 Å². The number of hydrogen-bond donors (Lipinski definition) is 2. The Morgan fingerprint density at radius 2 is 1.96 bits per heavy atom. The van der Waals surface area contributed by atoms with E-state index in [1.807, 2.05) is 30.3 Å². The van der Waals surface area contributed by atoms with E-state index in [1.165, 1.54) is 0 Å². The third-order valence-electron chi connectivity index (χ3n) is 4.71. The molecule has 0 aliphatic heterocycles. The lowest BCUT2D eigenvalue weighted by molar-refractivity contribution is -0.146. The van der Waals surface area contributed by atoms with Crippen molar-refractivity contribution in [2.45, 2.75) is 57.0 Å². The molecule has 2 aliphatic rings. The third-order valence-corrected chi connectivity index (χ3v) is 4.71. The summed E-state index contributed by atoms with van der Waals surface area (Å²) in [5, 5.41) is 11.8. The first-order chi connectivity index (χ1) is 11.5. The number of aliphatic carboxylic acids is 1. The van der Waals surface area contributed by atoms with Crippen LogP contribution in [0.4, 0.5) is 4.79 Å². The molecule has 130 valence electrons. The Morgan fingerprint density at radius 1 is 1.29 bits per heavy atom. The van der Waals surface area contributed by atoms with Crippen LogP contribution in [-0.4, -0.2) is 34.9 Å². The van der Waals surface area contributed by atoms with Crippen molar-refractivity contribution in [3.8, 4) is 0 Å². The Morgan fingerprint density at radius 3 is 2.50 bits per heavy atom. The van der Waals surface area contributed by atoms with Crippen LogP contribution in [0.25, 0.3) is 0 Å². The average molecular weight is 333 g/mol. The molecular formula is C18H23NO5. The molecule has 0 heterocycles. The first-order valence-electron chi connectivity index (χ1n) is 8.38. The Kier molecular flexibility index (Phi) is 4.76. The van der Waals surface area contributed by atoms with Crippen LogP contribution in [0.3, 0.4) is 0 Å². The van der Waals surface area contributed by atoms with Crippen LogP contribution < -0.4 is 5.32 Å². The summed E-state index contributed by atoms with van der Waals surface area (Å²) in [5.74, 6) is -0.565. The van der Waals surface area contributed by atoms with E-state index in [0.29, 0.717) is 5.92 Å². The Balaban J connectivity index is 1.51. The number of carboxylic acid groups (broad SMARTS) is 1. The molecule has 2 atom stereocenters. The van der Waals surface area contributed by atoms with E-state index in [1.54, 1.807) is 6.92 Å². The summed E-state index contributed by atoms with van der Waals surface area (Å²) in [4.78, 5) is 23.4. The van der Waals surface area contributed by atoms with Gasteiger partial charge in [-0.3, -0.25) is 0 Å². The summed E-state index contributed by atoms with van der Waals surface area (Å²) in [7, 11) is 0. The van der Waals surface area contributed by atoms with E-state index in [-0.39, 0.29) is 12.2 Å². The monoisotopic (exact) mass is 333 g/mol. The summed E-state index contributed by atoms with van der Waals surface area (Å²) >= 11 is 0. The molecular weight excluding hydrogens is 310 g/mol. The minimum absolute atomic E-state index is 0.0975. The zero-order chi connectivity index (χ0) is 17.2. The van der Waals surface area contributed by atoms with Gasteiger partial charge in [-0.1, -0.05) is 30.3 Å². The van der Waals surface area contributed by atoms with Gasteiger partial charge in [-0.25, -0.2) is 9.59 Å². The summed E-state index contributed by atoms with van der Waals surface area (Å²) in [5.41, 5.74) is 0.692. The van der Waals surface area contributed by atoms with Gasteiger partial charge in [0.05, 0.1) is 11.7 Å². The van der Waals surface area contributed by atoms with Crippen LogP contribution >= 0.6 is 0 Å². The maximum atomic E-state index is 11.9. The second kappa shape index (κ2) is 6.81. The molecule has 0 aromatic heterocycles. The third kappa shape index (κ3) is 4.06. The predicted octanol–water partition coefficient (Wildman–Crippen LogP) is 2.71. The molecule has 0 bridgehead atoms. The van der Waals surface area contributed by atoms with E-state index < -0.39 is 24.2 Å². The number of carboxylic acids is 1. The highest BCUT2D eigenvalue weighted by atomic mass is 16.6. The number of alkyl carbamates (subject to hydrolysis) is 1. The lowest BCUT2D eigenvalue weighted by Crippen LogP contribution is -2.50. The highest BCUT2D eigenvalue weighted by Crippen LogP contribution is 2.56. The van der Waals surface area contributed by atoms with Crippen LogP contribution in [0.2, 0.25) is 0 Å². The van der Waals surface area contributed by atoms with Gasteiger partial charge in [0, 0.05) is 0 Å². The van der Waals surface area contributed by atoms with Gasteiger partial charge in [-0.15, -0.1) is 0 Å². The smallest absolute Gasteiger partial charge is 0.408 e. The van der Waals surface area contributed by atoms with E-state index in [4.69, 9.17) is 9.47 Å². The topological polar surface area (TPSA) is 84.9 Å². The summed E-state index contributed by atoms with van der Waals surface area (Å²) in [6.07, 6.45) is 2.90. The fraction of sp³-hybridized carbons (Fsp3) is 0.556. The van der Waals surface area contributed by atoms with Gasteiger partial charge in [0.2, 0.25) is 0 Å². The Bertz CT molecular complexity index is 595. The number of carbonyl (C=O) groups is 2. The zero-order valence-electron chi connectivity index (χ0n) is 13.7. The Hall–Kier alpha value is -2.08. The maximum absolute atomic E-state index is 11.9. The van der Waals surface area contributed by atoms with E-state index in [0.717, 1.165) is 31.2 Å². The van der Waals surface area contributed by atoms with E-state index >= 15 is 0 Å². The van der Waals surface area contributed by atoms with Gasteiger partial charge in [0.15, 0.2) is 6.04 Å². The molecule has 24 heavy (non-hydrogen) atoms. The molecule has 1 amide bonds. The van der Waals surface area contributed by atoms with Crippen molar-refractivity contribution in [3.63, 3.8) is 0 Å². The van der Waals surface area contributed by atoms with Gasteiger partial charge >= 0.3 is 12.1 Å². The van der Waals surface area contributed by atoms with Gasteiger partial charge in [0.25, 0.3) is 0 Å². The van der Waals surface area contributed by atoms with Gasteiger partial charge in [-0.2, -0.15) is 0 Å². The lowest BCUT2D eigenvalue weighted by atomic mass is 10.1. The van der Waals surface area contributed by atoms with Crippen LogP contribution in [0.5, 0.6) is 0 Å². The number of rotatable bonds is 8. The fourth-order valence-electron chi connectivity index (χ4n) is 3.06. The highest BCUT2D eigenvalue weighted by molar-refractivity contribution is 5.80. The van der Waals surface area contributed by atoms with Crippen LogP contribution in [0.1, 0.15) is 38.2 Å². The second-order valence-electron chi connectivity index (χ2n) is 6.68. The first-order valence-corrected chi connectivity index (χ1v) is 8.38. The molecule has 2 fully saturated rings. The number of ether oxygens (including phenoxy) is 2. The quantitative estimate of drug-likeness (QED) is 0.764. The summed E-state index contributed by atoms with van der Waals surface area (Å²) < 4.78 is 11.1. The molecule has 6 heteroatoms. The highest BCUT2D eigenvalue weighted by Gasteiger charge is 2.56. The molecule has 1 aromatic carbocycles. The molecule has 3 rings (SSSR count). The molecule has 2 saturated carbocycles. The number of amides is 1. The molecule has 2 N–H and O–H groups in total. The SMILES string of the molecule is C[C@@H](OC1(C2CC2)CC1)C(NC(=O)OCc1ccccc1)C(=O)O. The normalized spacial score (nSPS) is 20.7. The number of benzene rings is 1. The summed E-state index contributed by atoms with van der Waals surface area (Å²) in [6.45, 7) is 1.79. The molecule has 2 aliphatic carbocycles. The minimum Gasteiger partial charge on any atom is -0.480 e. The van der Waals surface area contributed by atoms with Crippen molar-refractivity contribution >= 4 is 12.1 Å². The molecule has 0 spiro atoms. The number of hydrogen-bond acceptors (Lipinski definition) is 4. The van der Waals surface area contributed by atoms with Crippen molar-refractivity contribution in [1.82, 2.24) is 5.32 Å².